The van der Waals surface area contributed by atoms with Gasteiger partial charge in [-0.1, -0.05) is 0 Å². The highest BCUT2D eigenvalue weighted by atomic mass is 32.2. The molecule has 1 amide bonds. The molecule has 0 saturated carbocycles. The number of hydrogen-bond donors (Lipinski definition) is 3. The number of rotatable bonds is 6. The minimum absolute atomic E-state index is 0.337. The maximum atomic E-state index is 11.1. The Balaban J connectivity index is 2.67. The van der Waals surface area contributed by atoms with Crippen LogP contribution in [0.15, 0.2) is 12.3 Å². The molecule has 16 heavy (non-hydrogen) atoms. The first-order valence-electron chi connectivity index (χ1n) is 4.93. The number of amides is 1. The molecule has 0 aliphatic heterocycles. The van der Waals surface area contributed by atoms with Gasteiger partial charge in [0.05, 0.1) is 17.4 Å². The molecule has 0 bridgehead atoms. The van der Waals surface area contributed by atoms with Crippen LogP contribution < -0.4 is 16.8 Å². The molecule has 5 nitrogen and oxygen atoms in total. The molecule has 0 aromatic carbocycles. The predicted molar refractivity (Wildman–Crippen MR) is 68.7 cm³/mol. The molecule has 0 unspecified atom stereocenters. The molecule has 88 valence electrons. The van der Waals surface area contributed by atoms with Crippen LogP contribution in [-0.2, 0) is 0 Å². The Kier molecular flexibility index (Phi) is 4.91. The minimum Gasteiger partial charge on any atom is -0.397 e. The summed E-state index contributed by atoms with van der Waals surface area (Å²) >= 11 is 1.78. The quantitative estimate of drug-likeness (QED) is 0.643. The van der Waals surface area contributed by atoms with Gasteiger partial charge in [-0.15, -0.1) is 0 Å². The number of nitrogens with two attached hydrogens (primary N) is 2. The van der Waals surface area contributed by atoms with Crippen molar-refractivity contribution in [3.05, 3.63) is 17.8 Å². The Morgan fingerprint density at radius 1 is 1.62 bits per heavy atom. The van der Waals surface area contributed by atoms with Crippen LogP contribution in [0.3, 0.4) is 0 Å². The van der Waals surface area contributed by atoms with Gasteiger partial charge in [0.1, 0.15) is 5.82 Å². The Morgan fingerprint density at radius 3 is 3.00 bits per heavy atom. The number of nitrogens with one attached hydrogen (secondary N) is 1. The van der Waals surface area contributed by atoms with Crippen molar-refractivity contribution in [3.8, 4) is 0 Å². The van der Waals surface area contributed by atoms with Crippen LogP contribution in [0.5, 0.6) is 0 Å². The normalized spacial score (nSPS) is 10.1. The van der Waals surface area contributed by atoms with E-state index in [4.69, 9.17) is 11.5 Å². The van der Waals surface area contributed by atoms with E-state index in [0.717, 1.165) is 18.7 Å². The highest BCUT2D eigenvalue weighted by Crippen LogP contribution is 2.14. The highest BCUT2D eigenvalue weighted by molar-refractivity contribution is 7.98. The number of aromatic nitrogens is 1. The van der Waals surface area contributed by atoms with Crippen LogP contribution in [-0.4, -0.2) is 29.4 Å². The van der Waals surface area contributed by atoms with Gasteiger partial charge in [-0.3, -0.25) is 4.79 Å². The third-order valence-corrected chi connectivity index (χ3v) is 2.69. The summed E-state index contributed by atoms with van der Waals surface area (Å²) in [5, 5.41) is 3.08. The van der Waals surface area contributed by atoms with Crippen LogP contribution in [0.1, 0.15) is 16.8 Å². The predicted octanol–water partition coefficient (Wildman–Crippen LogP) is 0.928. The maximum Gasteiger partial charge on any atom is 0.252 e. The fourth-order valence-electron chi connectivity index (χ4n) is 1.23. The second kappa shape index (κ2) is 6.22. The van der Waals surface area contributed by atoms with Crippen molar-refractivity contribution in [2.75, 3.05) is 29.6 Å². The zero-order valence-corrected chi connectivity index (χ0v) is 10.0. The summed E-state index contributed by atoms with van der Waals surface area (Å²) in [5.74, 6) is 1.04. The number of primary amides is 1. The van der Waals surface area contributed by atoms with E-state index in [9.17, 15) is 4.79 Å². The van der Waals surface area contributed by atoms with Crippen molar-refractivity contribution >= 4 is 29.2 Å². The molecule has 0 saturated heterocycles. The lowest BCUT2D eigenvalue weighted by Crippen LogP contribution is -2.16. The zero-order valence-electron chi connectivity index (χ0n) is 9.19. The summed E-state index contributed by atoms with van der Waals surface area (Å²) in [6, 6.07) is 1.53. The number of carbonyl (C=O) groups is 1. The zero-order chi connectivity index (χ0) is 12.0. The number of carbonyl (C=O) groups excluding carboxylic acids is 1. The lowest BCUT2D eigenvalue weighted by molar-refractivity contribution is 0.100. The molecule has 1 heterocycles. The lowest BCUT2D eigenvalue weighted by atomic mass is 10.2. The average molecular weight is 240 g/mol. The van der Waals surface area contributed by atoms with Crippen molar-refractivity contribution < 1.29 is 4.79 Å². The van der Waals surface area contributed by atoms with Gasteiger partial charge in [0.25, 0.3) is 5.91 Å². The van der Waals surface area contributed by atoms with E-state index in [0.29, 0.717) is 17.1 Å². The van der Waals surface area contributed by atoms with Crippen molar-refractivity contribution in [2.24, 2.45) is 5.73 Å². The van der Waals surface area contributed by atoms with E-state index in [2.05, 4.69) is 16.6 Å². The number of nitrogens with zero attached hydrogens (tertiary/aromatic N) is 1. The first kappa shape index (κ1) is 12.6. The van der Waals surface area contributed by atoms with E-state index in [1.165, 1.54) is 12.3 Å². The largest absolute Gasteiger partial charge is 0.397 e. The van der Waals surface area contributed by atoms with E-state index in [1.807, 2.05) is 0 Å². The molecule has 0 spiro atoms. The Morgan fingerprint density at radius 2 is 2.38 bits per heavy atom. The molecule has 0 atom stereocenters. The highest BCUT2D eigenvalue weighted by Gasteiger charge is 2.09. The van der Waals surface area contributed by atoms with Gasteiger partial charge < -0.3 is 16.8 Å². The topological polar surface area (TPSA) is 94.0 Å². The fourth-order valence-corrected chi connectivity index (χ4v) is 1.67. The van der Waals surface area contributed by atoms with Gasteiger partial charge in [-0.25, -0.2) is 4.98 Å². The Labute approximate surface area is 99.0 Å². The van der Waals surface area contributed by atoms with Crippen molar-refractivity contribution in [1.82, 2.24) is 4.98 Å². The van der Waals surface area contributed by atoms with Crippen LogP contribution in [0.4, 0.5) is 11.5 Å². The van der Waals surface area contributed by atoms with Crippen LogP contribution in [0.2, 0.25) is 0 Å². The molecule has 1 aromatic heterocycles. The average Bonchev–Trinajstić information content (AvgIpc) is 2.26. The van der Waals surface area contributed by atoms with Gasteiger partial charge >= 0.3 is 0 Å². The number of hydrogen-bond acceptors (Lipinski definition) is 5. The summed E-state index contributed by atoms with van der Waals surface area (Å²) in [6.07, 6.45) is 4.56. The van der Waals surface area contributed by atoms with Crippen molar-refractivity contribution in [2.45, 2.75) is 6.42 Å². The van der Waals surface area contributed by atoms with Gasteiger partial charge in [-0.2, -0.15) is 11.8 Å². The maximum absolute atomic E-state index is 11.1. The molecule has 1 rings (SSSR count). The monoisotopic (exact) mass is 240 g/mol. The first-order chi connectivity index (χ1) is 7.65. The number of thioether (sulfide) groups is 1. The summed E-state index contributed by atoms with van der Waals surface area (Å²) in [7, 11) is 0. The van der Waals surface area contributed by atoms with E-state index in [-0.39, 0.29) is 0 Å². The summed E-state index contributed by atoms with van der Waals surface area (Å²) in [6.45, 7) is 0.762. The Hall–Kier alpha value is -1.43. The van der Waals surface area contributed by atoms with Crippen LogP contribution in [0.25, 0.3) is 0 Å². The third-order valence-electron chi connectivity index (χ3n) is 1.99. The molecule has 0 fully saturated rings. The molecule has 0 aliphatic rings. The standard InChI is InChI=1S/C10H16N4OS/c1-16-4-2-3-13-10-8(9(12)15)5-7(11)6-14-10/h5-6H,2-4,11H2,1H3,(H2,12,15)(H,13,14). The van der Waals surface area contributed by atoms with Gasteiger partial charge in [0.15, 0.2) is 0 Å². The van der Waals surface area contributed by atoms with Gasteiger partial charge in [0, 0.05) is 6.54 Å². The lowest BCUT2D eigenvalue weighted by Gasteiger charge is -2.08. The molecule has 5 N–H and O–H groups in total. The van der Waals surface area contributed by atoms with Gasteiger partial charge in [0.2, 0.25) is 0 Å². The van der Waals surface area contributed by atoms with E-state index < -0.39 is 5.91 Å². The first-order valence-corrected chi connectivity index (χ1v) is 6.32. The number of anilines is 2. The number of nitrogen functional groups attached to an aromatic ring is 1. The second-order valence-corrected chi connectivity index (χ2v) is 4.29. The molecule has 0 radical (unpaired) electrons. The van der Waals surface area contributed by atoms with Crippen LogP contribution >= 0.6 is 11.8 Å². The van der Waals surface area contributed by atoms with Crippen LogP contribution in [0, 0.1) is 0 Å². The number of pyridine rings is 1. The molecular weight excluding hydrogens is 224 g/mol. The molecule has 6 heteroatoms. The molecule has 0 aliphatic carbocycles. The minimum atomic E-state index is -0.521. The Bertz CT molecular complexity index is 370. The smallest absolute Gasteiger partial charge is 0.252 e. The van der Waals surface area contributed by atoms with Crippen molar-refractivity contribution in [3.63, 3.8) is 0 Å². The SMILES string of the molecule is CSCCCNc1ncc(N)cc1C(N)=O. The van der Waals surface area contributed by atoms with E-state index >= 15 is 0 Å². The van der Waals surface area contributed by atoms with E-state index in [1.54, 1.807) is 11.8 Å². The second-order valence-electron chi connectivity index (χ2n) is 3.30. The van der Waals surface area contributed by atoms with Crippen molar-refractivity contribution in [1.29, 1.82) is 0 Å². The van der Waals surface area contributed by atoms with Gasteiger partial charge in [-0.05, 0) is 24.5 Å². The third kappa shape index (κ3) is 3.62. The molecule has 1 aromatic rings. The molecular formula is C10H16N4OS. The summed E-state index contributed by atoms with van der Waals surface area (Å²) in [5.41, 5.74) is 11.5. The summed E-state index contributed by atoms with van der Waals surface area (Å²) < 4.78 is 0. The fraction of sp³-hybridized carbons (Fsp3) is 0.400. The summed E-state index contributed by atoms with van der Waals surface area (Å²) in [4.78, 5) is 15.2.